The molecule has 0 bridgehead atoms. The molecule has 0 spiro atoms. The minimum atomic E-state index is -0.452. The Morgan fingerprint density at radius 1 is 1.50 bits per heavy atom. The number of rotatable bonds is 4. The van der Waals surface area contributed by atoms with Crippen molar-refractivity contribution in [3.8, 4) is 0 Å². The number of carbonyl (C=O) groups is 1. The topological polar surface area (TPSA) is 80.9 Å². The molecule has 0 aliphatic carbocycles. The lowest BCUT2D eigenvalue weighted by Crippen LogP contribution is -2.13. The second kappa shape index (κ2) is 5.65. The highest BCUT2D eigenvalue weighted by atomic mass is 32.1. The Kier molecular flexibility index (Phi) is 3.96. The highest BCUT2D eigenvalue weighted by Crippen LogP contribution is 2.12. The fourth-order valence-corrected chi connectivity index (χ4v) is 2.08. The SMILES string of the molecule is NCCc1nc(C(=O)Nc2ccc(F)cn2)cs1. The van der Waals surface area contributed by atoms with Crippen molar-refractivity contribution in [1.82, 2.24) is 9.97 Å². The molecule has 2 aromatic rings. The van der Waals surface area contributed by atoms with E-state index in [-0.39, 0.29) is 11.7 Å². The molecule has 7 heteroatoms. The van der Waals surface area contributed by atoms with Crippen molar-refractivity contribution in [2.45, 2.75) is 6.42 Å². The maximum Gasteiger partial charge on any atom is 0.276 e. The number of thiazole rings is 1. The number of hydrogen-bond donors (Lipinski definition) is 2. The minimum Gasteiger partial charge on any atom is -0.330 e. The van der Waals surface area contributed by atoms with Crippen LogP contribution in [0.15, 0.2) is 23.7 Å². The Balaban J connectivity index is 2.04. The van der Waals surface area contributed by atoms with Gasteiger partial charge >= 0.3 is 0 Å². The normalized spacial score (nSPS) is 10.3. The zero-order valence-electron chi connectivity index (χ0n) is 9.39. The van der Waals surface area contributed by atoms with Gasteiger partial charge in [0.05, 0.1) is 11.2 Å². The molecule has 94 valence electrons. The van der Waals surface area contributed by atoms with E-state index in [1.807, 2.05) is 0 Å². The highest BCUT2D eigenvalue weighted by Gasteiger charge is 2.11. The van der Waals surface area contributed by atoms with Crippen molar-refractivity contribution in [2.24, 2.45) is 5.73 Å². The van der Waals surface area contributed by atoms with Crippen molar-refractivity contribution in [2.75, 3.05) is 11.9 Å². The lowest BCUT2D eigenvalue weighted by Gasteiger charge is -2.01. The molecule has 0 aliphatic rings. The summed E-state index contributed by atoms with van der Waals surface area (Å²) in [5, 5.41) is 5.01. The fourth-order valence-electron chi connectivity index (χ4n) is 1.28. The van der Waals surface area contributed by atoms with E-state index in [1.165, 1.54) is 23.5 Å². The first-order valence-electron chi connectivity index (χ1n) is 5.26. The quantitative estimate of drug-likeness (QED) is 0.877. The van der Waals surface area contributed by atoms with Gasteiger partial charge in [0.25, 0.3) is 5.91 Å². The molecule has 3 N–H and O–H groups in total. The van der Waals surface area contributed by atoms with Crippen LogP contribution in [0.5, 0.6) is 0 Å². The van der Waals surface area contributed by atoms with E-state index in [9.17, 15) is 9.18 Å². The summed E-state index contributed by atoms with van der Waals surface area (Å²) in [6.07, 6.45) is 1.68. The van der Waals surface area contributed by atoms with Crippen LogP contribution in [-0.4, -0.2) is 22.4 Å². The zero-order valence-corrected chi connectivity index (χ0v) is 10.2. The molecule has 2 heterocycles. The number of nitrogens with one attached hydrogen (secondary N) is 1. The number of hydrogen-bond acceptors (Lipinski definition) is 5. The number of pyridine rings is 1. The smallest absolute Gasteiger partial charge is 0.276 e. The first-order valence-corrected chi connectivity index (χ1v) is 6.14. The van der Waals surface area contributed by atoms with Gasteiger partial charge in [-0.15, -0.1) is 11.3 Å². The molecule has 0 aliphatic heterocycles. The van der Waals surface area contributed by atoms with Crippen molar-refractivity contribution >= 4 is 23.1 Å². The average Bonchev–Trinajstić information content (AvgIpc) is 2.81. The van der Waals surface area contributed by atoms with Crippen LogP contribution in [0.4, 0.5) is 10.2 Å². The van der Waals surface area contributed by atoms with Crippen molar-refractivity contribution in [3.63, 3.8) is 0 Å². The first kappa shape index (κ1) is 12.6. The van der Waals surface area contributed by atoms with Gasteiger partial charge in [0.1, 0.15) is 17.3 Å². The molecule has 2 rings (SSSR count). The van der Waals surface area contributed by atoms with Crippen LogP contribution in [0.25, 0.3) is 0 Å². The molecule has 0 saturated heterocycles. The van der Waals surface area contributed by atoms with Gasteiger partial charge in [0, 0.05) is 11.8 Å². The third-order valence-electron chi connectivity index (χ3n) is 2.11. The number of halogens is 1. The summed E-state index contributed by atoms with van der Waals surface area (Å²) >= 11 is 1.38. The summed E-state index contributed by atoms with van der Waals surface area (Å²) in [7, 11) is 0. The lowest BCUT2D eigenvalue weighted by molar-refractivity contribution is 0.102. The number of aromatic nitrogens is 2. The third kappa shape index (κ3) is 3.08. The molecular formula is C11H11FN4OS. The van der Waals surface area contributed by atoms with Crippen molar-refractivity contribution in [3.05, 3.63) is 40.2 Å². The number of nitrogens with two attached hydrogens (primary N) is 1. The van der Waals surface area contributed by atoms with E-state index in [0.29, 0.717) is 18.7 Å². The highest BCUT2D eigenvalue weighted by molar-refractivity contribution is 7.09. The summed E-state index contributed by atoms with van der Waals surface area (Å²) in [5.74, 6) is -0.532. The molecule has 0 aromatic carbocycles. The predicted octanol–water partition coefficient (Wildman–Crippen LogP) is 1.43. The molecule has 0 unspecified atom stereocenters. The summed E-state index contributed by atoms with van der Waals surface area (Å²) in [6.45, 7) is 0.494. The lowest BCUT2D eigenvalue weighted by atomic mass is 10.4. The number of anilines is 1. The monoisotopic (exact) mass is 266 g/mol. The first-order chi connectivity index (χ1) is 8.69. The van der Waals surface area contributed by atoms with Gasteiger partial charge in [0.2, 0.25) is 0 Å². The third-order valence-corrected chi connectivity index (χ3v) is 3.02. The van der Waals surface area contributed by atoms with Gasteiger partial charge in [0.15, 0.2) is 0 Å². The number of amides is 1. The second-order valence-electron chi connectivity index (χ2n) is 3.48. The van der Waals surface area contributed by atoms with Crippen LogP contribution >= 0.6 is 11.3 Å². The molecular weight excluding hydrogens is 255 g/mol. The zero-order chi connectivity index (χ0) is 13.0. The van der Waals surface area contributed by atoms with Crippen LogP contribution in [0, 0.1) is 5.82 Å². The van der Waals surface area contributed by atoms with E-state index in [0.717, 1.165) is 11.2 Å². The minimum absolute atomic E-state index is 0.287. The molecule has 1 amide bonds. The van der Waals surface area contributed by atoms with Gasteiger partial charge in [-0.2, -0.15) is 0 Å². The maximum atomic E-state index is 12.6. The fraction of sp³-hybridized carbons (Fsp3) is 0.182. The van der Waals surface area contributed by atoms with E-state index < -0.39 is 5.82 Å². The predicted molar refractivity (Wildman–Crippen MR) is 67.0 cm³/mol. The van der Waals surface area contributed by atoms with Crippen molar-refractivity contribution < 1.29 is 9.18 Å². The maximum absolute atomic E-state index is 12.6. The Labute approximate surface area is 107 Å². The second-order valence-corrected chi connectivity index (χ2v) is 4.42. The van der Waals surface area contributed by atoms with Crippen LogP contribution in [-0.2, 0) is 6.42 Å². The van der Waals surface area contributed by atoms with Crippen LogP contribution in [0.3, 0.4) is 0 Å². The molecule has 0 radical (unpaired) electrons. The van der Waals surface area contributed by atoms with Gasteiger partial charge in [-0.3, -0.25) is 4.79 Å². The Morgan fingerprint density at radius 3 is 3.00 bits per heavy atom. The Bertz CT molecular complexity index is 540. The summed E-state index contributed by atoms with van der Waals surface area (Å²) in [6, 6.07) is 2.61. The van der Waals surface area contributed by atoms with E-state index in [1.54, 1.807) is 5.38 Å². The summed E-state index contributed by atoms with van der Waals surface area (Å²) in [4.78, 5) is 19.7. The number of carbonyl (C=O) groups excluding carboxylic acids is 1. The van der Waals surface area contributed by atoms with E-state index in [4.69, 9.17) is 5.73 Å². The summed E-state index contributed by atoms with van der Waals surface area (Å²) in [5.41, 5.74) is 5.72. The number of nitrogens with zero attached hydrogens (tertiary/aromatic N) is 2. The molecule has 5 nitrogen and oxygen atoms in total. The Hall–Kier alpha value is -1.86. The molecule has 2 aromatic heterocycles. The van der Waals surface area contributed by atoms with Gasteiger partial charge < -0.3 is 11.1 Å². The van der Waals surface area contributed by atoms with Gasteiger partial charge in [-0.1, -0.05) is 0 Å². The molecule has 18 heavy (non-hydrogen) atoms. The average molecular weight is 266 g/mol. The molecule has 0 fully saturated rings. The van der Waals surface area contributed by atoms with E-state index >= 15 is 0 Å². The van der Waals surface area contributed by atoms with Gasteiger partial charge in [-0.25, -0.2) is 14.4 Å². The molecule has 0 atom stereocenters. The van der Waals surface area contributed by atoms with Gasteiger partial charge in [-0.05, 0) is 18.7 Å². The van der Waals surface area contributed by atoms with E-state index in [2.05, 4.69) is 15.3 Å². The molecule has 0 saturated carbocycles. The van der Waals surface area contributed by atoms with Crippen LogP contribution in [0.1, 0.15) is 15.5 Å². The standard InChI is InChI=1S/C11H11FN4OS/c12-7-1-2-9(14-5-7)16-11(17)8-6-18-10(15-8)3-4-13/h1-2,5-6H,3-4,13H2,(H,14,16,17). The van der Waals surface area contributed by atoms with Crippen LogP contribution in [0.2, 0.25) is 0 Å². The Morgan fingerprint density at radius 2 is 2.33 bits per heavy atom. The largest absolute Gasteiger partial charge is 0.330 e. The van der Waals surface area contributed by atoms with Crippen molar-refractivity contribution in [1.29, 1.82) is 0 Å². The van der Waals surface area contributed by atoms with Crippen LogP contribution < -0.4 is 11.1 Å². The summed E-state index contributed by atoms with van der Waals surface area (Å²) < 4.78 is 12.6.